The summed E-state index contributed by atoms with van der Waals surface area (Å²) in [6, 6.07) is 0. The van der Waals surface area contributed by atoms with Crippen molar-refractivity contribution in [1.29, 1.82) is 0 Å². The lowest BCUT2D eigenvalue weighted by molar-refractivity contribution is 0.955. The van der Waals surface area contributed by atoms with Crippen molar-refractivity contribution in [2.24, 2.45) is 0 Å². The largest absolute Gasteiger partial charge is 0.0958 e. The van der Waals surface area contributed by atoms with E-state index in [0.29, 0.717) is 0 Å². The molecule has 0 saturated heterocycles. The molecule has 0 aromatic rings. The molecule has 0 nitrogen and oxygen atoms in total. The van der Waals surface area contributed by atoms with E-state index in [1.54, 1.807) is 0 Å². The van der Waals surface area contributed by atoms with Crippen molar-refractivity contribution in [2.45, 2.75) is 12.8 Å². The lowest BCUT2D eigenvalue weighted by Gasteiger charge is -2.05. The molecular weight excluding hydrogens is 96.1 g/mol. The third kappa shape index (κ3) is 1.09. The summed E-state index contributed by atoms with van der Waals surface area (Å²) in [6.45, 7) is 7.64. The van der Waals surface area contributed by atoms with Gasteiger partial charge < -0.3 is 0 Å². The molecule has 1 aliphatic rings. The Bertz CT molecular complexity index is 131. The zero-order chi connectivity index (χ0) is 5.98. The fourth-order valence-electron chi connectivity index (χ4n) is 0.723. The molecule has 0 heterocycles. The van der Waals surface area contributed by atoms with Crippen molar-refractivity contribution in [1.82, 2.24) is 0 Å². The van der Waals surface area contributed by atoms with Crippen LogP contribution in [-0.4, -0.2) is 0 Å². The molecule has 8 heavy (non-hydrogen) atoms. The number of rotatable bonds is 0. The van der Waals surface area contributed by atoms with Crippen LogP contribution >= 0.6 is 0 Å². The average Bonchev–Trinajstić information content (AvgIpc) is 1.77. The standard InChI is InChI=1S/C8H10/c1-7-3-5-8(2)6-4-7/h3,5H,1-2,4,6H2. The Morgan fingerprint density at radius 2 is 1.38 bits per heavy atom. The summed E-state index contributed by atoms with van der Waals surface area (Å²) in [5, 5.41) is 0. The minimum absolute atomic E-state index is 1.09. The van der Waals surface area contributed by atoms with Crippen molar-refractivity contribution in [3.8, 4) is 0 Å². The van der Waals surface area contributed by atoms with Gasteiger partial charge in [-0.1, -0.05) is 36.5 Å². The van der Waals surface area contributed by atoms with E-state index in [-0.39, 0.29) is 0 Å². The van der Waals surface area contributed by atoms with Crippen molar-refractivity contribution in [3.05, 3.63) is 36.5 Å². The first-order valence-corrected chi connectivity index (χ1v) is 2.82. The summed E-state index contributed by atoms with van der Waals surface area (Å²) >= 11 is 0. The van der Waals surface area contributed by atoms with Crippen LogP contribution in [0.5, 0.6) is 0 Å². The molecule has 1 aliphatic carbocycles. The van der Waals surface area contributed by atoms with E-state index in [0.717, 1.165) is 12.8 Å². The molecule has 0 bridgehead atoms. The highest BCUT2D eigenvalue weighted by Crippen LogP contribution is 2.16. The molecular formula is C8H10. The number of allylic oxidation sites excluding steroid dienone is 4. The van der Waals surface area contributed by atoms with E-state index in [1.165, 1.54) is 11.1 Å². The second kappa shape index (κ2) is 1.99. The normalized spacial score (nSPS) is 19.5. The maximum Gasteiger partial charge on any atom is -0.0244 e. The van der Waals surface area contributed by atoms with Gasteiger partial charge in [0.05, 0.1) is 0 Å². The van der Waals surface area contributed by atoms with E-state index in [4.69, 9.17) is 0 Å². The molecule has 0 aromatic heterocycles. The Morgan fingerprint density at radius 3 is 1.62 bits per heavy atom. The van der Waals surface area contributed by atoms with Gasteiger partial charge in [-0.25, -0.2) is 0 Å². The summed E-state index contributed by atoms with van der Waals surface area (Å²) in [7, 11) is 0. The predicted molar refractivity (Wildman–Crippen MR) is 36.7 cm³/mol. The first kappa shape index (κ1) is 5.36. The van der Waals surface area contributed by atoms with Gasteiger partial charge in [-0.2, -0.15) is 0 Å². The van der Waals surface area contributed by atoms with Gasteiger partial charge in [0, 0.05) is 0 Å². The summed E-state index contributed by atoms with van der Waals surface area (Å²) in [6.07, 6.45) is 6.25. The summed E-state index contributed by atoms with van der Waals surface area (Å²) < 4.78 is 0. The summed E-state index contributed by atoms with van der Waals surface area (Å²) in [4.78, 5) is 0. The second-order valence-corrected chi connectivity index (χ2v) is 2.15. The first-order chi connectivity index (χ1) is 3.79. The van der Waals surface area contributed by atoms with Crippen LogP contribution in [-0.2, 0) is 0 Å². The van der Waals surface area contributed by atoms with E-state index in [9.17, 15) is 0 Å². The van der Waals surface area contributed by atoms with Gasteiger partial charge in [0.25, 0.3) is 0 Å². The average molecular weight is 106 g/mol. The smallest absolute Gasteiger partial charge is 0.0244 e. The number of hydrogen-bond acceptors (Lipinski definition) is 0. The van der Waals surface area contributed by atoms with Gasteiger partial charge in [-0.05, 0) is 12.8 Å². The highest BCUT2D eigenvalue weighted by atomic mass is 14.0. The Balaban J connectivity index is 2.68. The Labute approximate surface area is 50.2 Å². The van der Waals surface area contributed by atoms with Gasteiger partial charge in [-0.3, -0.25) is 0 Å². The zero-order valence-corrected chi connectivity index (χ0v) is 4.98. The molecule has 0 spiro atoms. The molecule has 0 amide bonds. The molecule has 0 unspecified atom stereocenters. The van der Waals surface area contributed by atoms with Crippen molar-refractivity contribution < 1.29 is 0 Å². The van der Waals surface area contributed by atoms with E-state index in [2.05, 4.69) is 13.2 Å². The second-order valence-electron chi connectivity index (χ2n) is 2.15. The van der Waals surface area contributed by atoms with Crippen LogP contribution in [0.15, 0.2) is 36.5 Å². The van der Waals surface area contributed by atoms with Crippen LogP contribution in [0.4, 0.5) is 0 Å². The summed E-state index contributed by atoms with van der Waals surface area (Å²) in [5.74, 6) is 0. The molecule has 42 valence electrons. The Morgan fingerprint density at radius 1 is 1.00 bits per heavy atom. The lowest BCUT2D eigenvalue weighted by atomic mass is 10.0. The molecule has 0 radical (unpaired) electrons. The van der Waals surface area contributed by atoms with Crippen LogP contribution in [0.25, 0.3) is 0 Å². The van der Waals surface area contributed by atoms with Gasteiger partial charge >= 0.3 is 0 Å². The van der Waals surface area contributed by atoms with Crippen molar-refractivity contribution >= 4 is 0 Å². The summed E-state index contributed by atoms with van der Waals surface area (Å²) in [5.41, 5.74) is 2.44. The molecule has 0 heteroatoms. The highest BCUT2D eigenvalue weighted by Gasteiger charge is 1.97. The zero-order valence-electron chi connectivity index (χ0n) is 4.98. The minimum atomic E-state index is 1.09. The third-order valence-corrected chi connectivity index (χ3v) is 1.32. The van der Waals surface area contributed by atoms with Gasteiger partial charge in [-0.15, -0.1) is 0 Å². The van der Waals surface area contributed by atoms with Crippen LogP contribution in [0.3, 0.4) is 0 Å². The SMILES string of the molecule is C=C1C=CC(=C)CC1. The molecule has 0 N–H and O–H groups in total. The van der Waals surface area contributed by atoms with Crippen LogP contribution in [0.1, 0.15) is 12.8 Å². The molecule has 0 fully saturated rings. The van der Waals surface area contributed by atoms with Crippen LogP contribution in [0, 0.1) is 0 Å². The maximum atomic E-state index is 3.82. The number of hydrogen-bond donors (Lipinski definition) is 0. The Hall–Kier alpha value is -0.780. The van der Waals surface area contributed by atoms with E-state index in [1.807, 2.05) is 12.2 Å². The van der Waals surface area contributed by atoms with Gasteiger partial charge in [0.15, 0.2) is 0 Å². The minimum Gasteiger partial charge on any atom is -0.0958 e. The Kier molecular flexibility index (Phi) is 1.34. The quantitative estimate of drug-likeness (QED) is 0.445. The molecule has 0 atom stereocenters. The van der Waals surface area contributed by atoms with Crippen LogP contribution in [0.2, 0.25) is 0 Å². The predicted octanol–water partition coefficient (Wildman–Crippen LogP) is 2.45. The monoisotopic (exact) mass is 106 g/mol. The van der Waals surface area contributed by atoms with E-state index >= 15 is 0 Å². The fourth-order valence-corrected chi connectivity index (χ4v) is 0.723. The third-order valence-electron chi connectivity index (χ3n) is 1.32. The van der Waals surface area contributed by atoms with Gasteiger partial charge in [0.2, 0.25) is 0 Å². The molecule has 1 rings (SSSR count). The van der Waals surface area contributed by atoms with Crippen molar-refractivity contribution in [2.75, 3.05) is 0 Å². The molecule has 0 aromatic carbocycles. The molecule has 0 saturated carbocycles. The van der Waals surface area contributed by atoms with Crippen molar-refractivity contribution in [3.63, 3.8) is 0 Å². The van der Waals surface area contributed by atoms with Gasteiger partial charge in [0.1, 0.15) is 0 Å². The topological polar surface area (TPSA) is 0 Å². The van der Waals surface area contributed by atoms with E-state index < -0.39 is 0 Å². The van der Waals surface area contributed by atoms with Crippen LogP contribution < -0.4 is 0 Å². The maximum absolute atomic E-state index is 3.82. The first-order valence-electron chi connectivity index (χ1n) is 2.82. The fraction of sp³-hybridized carbons (Fsp3) is 0.250. The highest BCUT2D eigenvalue weighted by molar-refractivity contribution is 5.29. The lowest BCUT2D eigenvalue weighted by Crippen LogP contribution is -1.86. The molecule has 0 aliphatic heterocycles.